The molecule has 10 heteroatoms. The summed E-state index contributed by atoms with van der Waals surface area (Å²) in [6.45, 7) is 1.79. The van der Waals surface area contributed by atoms with Gasteiger partial charge in [-0.3, -0.25) is 14.5 Å². The monoisotopic (exact) mass is 547 g/mol. The van der Waals surface area contributed by atoms with E-state index >= 15 is 0 Å². The average molecular weight is 548 g/mol. The average Bonchev–Trinajstić information content (AvgIpc) is 3.06. The molecule has 0 radical (unpaired) electrons. The van der Waals surface area contributed by atoms with Crippen molar-refractivity contribution in [2.24, 2.45) is 0 Å². The molecular formula is C25H17BrF3NO5. The predicted octanol–water partition coefficient (Wildman–Crippen LogP) is 5.99. The Morgan fingerprint density at radius 2 is 1.63 bits per heavy atom. The summed E-state index contributed by atoms with van der Waals surface area (Å²) in [6.07, 6.45) is -4.89. The molecular weight excluding hydrogens is 531 g/mol. The highest BCUT2D eigenvalue weighted by Gasteiger charge is 2.47. The van der Waals surface area contributed by atoms with Crippen LogP contribution in [0, 0.1) is 6.92 Å². The van der Waals surface area contributed by atoms with Crippen molar-refractivity contribution in [3.63, 3.8) is 0 Å². The molecule has 6 nitrogen and oxygen atoms in total. The predicted molar refractivity (Wildman–Crippen MR) is 125 cm³/mol. The number of ketones is 1. The number of Topliss-reactive ketones (excluding diaryl/α,β-unsaturated/α-hetero) is 1. The summed E-state index contributed by atoms with van der Waals surface area (Å²) < 4.78 is 42.3. The number of anilines is 1. The maximum Gasteiger partial charge on any atom is 0.573 e. The highest BCUT2D eigenvalue weighted by atomic mass is 79.9. The second-order valence-electron chi connectivity index (χ2n) is 7.77. The van der Waals surface area contributed by atoms with Crippen LogP contribution in [0.2, 0.25) is 0 Å². The number of hydrogen-bond acceptors (Lipinski definition) is 5. The van der Waals surface area contributed by atoms with Crippen molar-refractivity contribution in [3.05, 3.63) is 93.5 Å². The third kappa shape index (κ3) is 4.88. The normalized spacial score (nSPS) is 17.6. The second-order valence-corrected chi connectivity index (χ2v) is 8.62. The highest BCUT2D eigenvalue weighted by Crippen LogP contribution is 2.43. The number of carbonyl (C=O) groups is 2. The molecule has 1 saturated heterocycles. The van der Waals surface area contributed by atoms with E-state index in [4.69, 9.17) is 0 Å². The molecule has 1 unspecified atom stereocenters. The quantitative estimate of drug-likeness (QED) is 0.238. The van der Waals surface area contributed by atoms with Crippen molar-refractivity contribution in [1.82, 2.24) is 0 Å². The van der Waals surface area contributed by atoms with E-state index in [0.29, 0.717) is 11.1 Å². The van der Waals surface area contributed by atoms with Crippen molar-refractivity contribution in [3.8, 4) is 11.5 Å². The minimum Gasteiger partial charge on any atom is -0.508 e. The van der Waals surface area contributed by atoms with Gasteiger partial charge in [-0.1, -0.05) is 34.1 Å². The minimum atomic E-state index is -4.89. The molecule has 0 saturated carbocycles. The maximum atomic E-state index is 13.1. The van der Waals surface area contributed by atoms with Gasteiger partial charge < -0.3 is 14.9 Å². The number of amides is 1. The lowest BCUT2D eigenvalue weighted by Crippen LogP contribution is -2.29. The number of aromatic hydroxyl groups is 1. The van der Waals surface area contributed by atoms with Gasteiger partial charge in [-0.25, -0.2) is 0 Å². The first-order valence-corrected chi connectivity index (χ1v) is 11.0. The summed E-state index contributed by atoms with van der Waals surface area (Å²) in [5.74, 6) is -2.89. The SMILES string of the molecule is Cc1cc(/C(O)=C2/C(=O)C(=O)N(c3ccc(OC(F)(F)F)cc3)C2c2ccc(O)cc2)ccc1Br. The molecule has 1 fully saturated rings. The summed E-state index contributed by atoms with van der Waals surface area (Å²) in [5, 5.41) is 20.8. The van der Waals surface area contributed by atoms with Crippen LogP contribution in [-0.2, 0) is 9.59 Å². The van der Waals surface area contributed by atoms with Crippen LogP contribution in [0.5, 0.6) is 11.5 Å². The van der Waals surface area contributed by atoms with E-state index < -0.39 is 35.6 Å². The van der Waals surface area contributed by atoms with Gasteiger partial charge in [-0.2, -0.15) is 0 Å². The van der Waals surface area contributed by atoms with Crippen molar-refractivity contribution in [2.45, 2.75) is 19.3 Å². The van der Waals surface area contributed by atoms with Gasteiger partial charge in [0.05, 0.1) is 11.6 Å². The molecule has 0 aromatic heterocycles. The summed E-state index contributed by atoms with van der Waals surface area (Å²) >= 11 is 3.37. The van der Waals surface area contributed by atoms with Gasteiger partial charge in [0, 0.05) is 15.7 Å². The van der Waals surface area contributed by atoms with Crippen LogP contribution in [0.1, 0.15) is 22.7 Å². The molecule has 2 N–H and O–H groups in total. The van der Waals surface area contributed by atoms with Gasteiger partial charge in [0.1, 0.15) is 17.3 Å². The van der Waals surface area contributed by atoms with Crippen LogP contribution < -0.4 is 9.64 Å². The van der Waals surface area contributed by atoms with E-state index in [1.165, 1.54) is 36.4 Å². The molecule has 0 aliphatic carbocycles. The van der Waals surface area contributed by atoms with Crippen molar-refractivity contribution < 1.29 is 37.7 Å². The van der Waals surface area contributed by atoms with Crippen molar-refractivity contribution >= 4 is 39.1 Å². The van der Waals surface area contributed by atoms with Gasteiger partial charge >= 0.3 is 6.36 Å². The zero-order valence-corrected chi connectivity index (χ0v) is 19.6. The van der Waals surface area contributed by atoms with Gasteiger partial charge in [-0.15, -0.1) is 13.2 Å². The van der Waals surface area contributed by atoms with Crippen LogP contribution in [0.15, 0.2) is 76.8 Å². The van der Waals surface area contributed by atoms with Crippen molar-refractivity contribution in [2.75, 3.05) is 4.90 Å². The lowest BCUT2D eigenvalue weighted by molar-refractivity contribution is -0.274. The molecule has 0 spiro atoms. The Balaban J connectivity index is 1.86. The third-order valence-electron chi connectivity index (χ3n) is 5.43. The standard InChI is InChI=1S/C25H17BrF3NO5/c1-13-12-15(4-11-19(13)26)22(32)20-21(14-2-7-17(31)8-3-14)30(24(34)23(20)33)16-5-9-18(10-6-16)35-25(27,28)29/h2-12,21,31-32H,1H3/b22-20-. The molecule has 1 aliphatic heterocycles. The number of benzene rings is 3. The lowest BCUT2D eigenvalue weighted by atomic mass is 9.94. The van der Waals surface area contributed by atoms with Crippen LogP contribution in [0.4, 0.5) is 18.9 Å². The fourth-order valence-corrected chi connectivity index (χ4v) is 4.07. The molecule has 3 aromatic rings. The molecule has 180 valence electrons. The molecule has 3 aromatic carbocycles. The number of ether oxygens (including phenoxy) is 1. The van der Waals surface area contributed by atoms with E-state index in [1.54, 1.807) is 25.1 Å². The van der Waals surface area contributed by atoms with Crippen LogP contribution in [0.3, 0.4) is 0 Å². The van der Waals surface area contributed by atoms with Crippen LogP contribution in [-0.4, -0.2) is 28.3 Å². The second kappa shape index (κ2) is 9.10. The van der Waals surface area contributed by atoms with E-state index in [2.05, 4.69) is 20.7 Å². The number of aryl methyl sites for hydroxylation is 1. The van der Waals surface area contributed by atoms with Gasteiger partial charge in [-0.05, 0) is 66.6 Å². The molecule has 35 heavy (non-hydrogen) atoms. The zero-order chi connectivity index (χ0) is 25.5. The number of carbonyl (C=O) groups excluding carboxylic acids is 2. The zero-order valence-electron chi connectivity index (χ0n) is 18.0. The maximum absolute atomic E-state index is 13.1. The largest absolute Gasteiger partial charge is 0.573 e. The first kappa shape index (κ1) is 24.3. The first-order valence-electron chi connectivity index (χ1n) is 10.2. The molecule has 1 aliphatic rings. The van der Waals surface area contributed by atoms with E-state index in [-0.39, 0.29) is 17.0 Å². The fraction of sp³-hybridized carbons (Fsp3) is 0.120. The number of phenols is 1. The number of aliphatic hydroxyl groups is 1. The smallest absolute Gasteiger partial charge is 0.508 e. The number of aliphatic hydroxyl groups excluding tert-OH is 1. The summed E-state index contributed by atoms with van der Waals surface area (Å²) in [7, 11) is 0. The Morgan fingerprint density at radius 3 is 2.20 bits per heavy atom. The lowest BCUT2D eigenvalue weighted by Gasteiger charge is -2.25. The van der Waals surface area contributed by atoms with Crippen molar-refractivity contribution in [1.29, 1.82) is 0 Å². The fourth-order valence-electron chi connectivity index (χ4n) is 3.83. The van der Waals surface area contributed by atoms with E-state index in [0.717, 1.165) is 27.1 Å². The highest BCUT2D eigenvalue weighted by molar-refractivity contribution is 9.10. The van der Waals surface area contributed by atoms with E-state index in [9.17, 15) is 33.0 Å². The Morgan fingerprint density at radius 1 is 1.00 bits per heavy atom. The Labute approximate surface area is 206 Å². The molecule has 1 atom stereocenters. The molecule has 1 amide bonds. The number of nitrogens with zero attached hydrogens (tertiary/aromatic N) is 1. The van der Waals surface area contributed by atoms with Crippen LogP contribution in [0.25, 0.3) is 5.76 Å². The number of halogens is 4. The summed E-state index contributed by atoms with van der Waals surface area (Å²) in [6, 6.07) is 14.0. The van der Waals surface area contributed by atoms with Crippen LogP contribution >= 0.6 is 15.9 Å². The Hall–Kier alpha value is -3.79. The molecule has 4 rings (SSSR count). The summed E-state index contributed by atoms with van der Waals surface area (Å²) in [4.78, 5) is 27.3. The first-order chi connectivity index (χ1) is 16.5. The topological polar surface area (TPSA) is 87.1 Å². The van der Waals surface area contributed by atoms with Gasteiger partial charge in [0.15, 0.2) is 0 Å². The Kier molecular flexibility index (Phi) is 6.33. The van der Waals surface area contributed by atoms with Gasteiger partial charge in [0.25, 0.3) is 11.7 Å². The molecule has 0 bridgehead atoms. The number of hydrogen-bond donors (Lipinski definition) is 2. The summed E-state index contributed by atoms with van der Waals surface area (Å²) in [5.41, 5.74) is 1.41. The van der Waals surface area contributed by atoms with Gasteiger partial charge in [0.2, 0.25) is 0 Å². The number of phenolic OH excluding ortho intramolecular Hbond substituents is 1. The molecule has 1 heterocycles. The number of rotatable bonds is 4. The minimum absolute atomic E-state index is 0.0529. The Bertz CT molecular complexity index is 1330. The van der Waals surface area contributed by atoms with E-state index in [1.807, 2.05) is 0 Å². The third-order valence-corrected chi connectivity index (χ3v) is 6.32. The number of alkyl halides is 3.